The van der Waals surface area contributed by atoms with Crippen LogP contribution < -0.4 is 14.2 Å². The second kappa shape index (κ2) is 6.83. The number of hydrogen-bond donors (Lipinski definition) is 0. The number of ether oxygens (including phenoxy) is 4. The van der Waals surface area contributed by atoms with Crippen LogP contribution in [0.2, 0.25) is 0 Å². The smallest absolute Gasteiger partial charge is 0.303 e. The summed E-state index contributed by atoms with van der Waals surface area (Å²) in [5.74, 6) is 1.97. The van der Waals surface area contributed by atoms with Crippen LogP contribution in [0.3, 0.4) is 0 Å². The van der Waals surface area contributed by atoms with Gasteiger partial charge in [-0.05, 0) is 35.9 Å². The molecular weight excluding hydrogens is 308 g/mol. The number of methoxy groups -OCH3 is 2. The molecule has 0 bridgehead atoms. The zero-order valence-electron chi connectivity index (χ0n) is 13.9. The zero-order valence-corrected chi connectivity index (χ0v) is 13.9. The predicted molar refractivity (Wildman–Crippen MR) is 88.6 cm³/mol. The summed E-state index contributed by atoms with van der Waals surface area (Å²) in [6.45, 7) is 1.41. The molecule has 24 heavy (non-hydrogen) atoms. The molecule has 0 amide bonds. The van der Waals surface area contributed by atoms with Crippen LogP contribution in [-0.2, 0) is 16.0 Å². The van der Waals surface area contributed by atoms with Crippen molar-refractivity contribution in [1.82, 2.24) is 0 Å². The first kappa shape index (κ1) is 16.2. The largest absolute Gasteiger partial charge is 0.497 e. The summed E-state index contributed by atoms with van der Waals surface area (Å²) in [5, 5.41) is 0. The Morgan fingerprint density at radius 2 is 1.71 bits per heavy atom. The maximum absolute atomic E-state index is 11.5. The van der Waals surface area contributed by atoms with Crippen molar-refractivity contribution in [3.8, 4) is 17.2 Å². The molecule has 0 fully saturated rings. The van der Waals surface area contributed by atoms with Gasteiger partial charge in [-0.2, -0.15) is 0 Å². The summed E-state index contributed by atoms with van der Waals surface area (Å²) < 4.78 is 22.1. The fourth-order valence-corrected chi connectivity index (χ4v) is 2.89. The molecule has 0 spiro atoms. The Hall–Kier alpha value is -2.69. The minimum Gasteiger partial charge on any atom is -0.497 e. The lowest BCUT2D eigenvalue weighted by Crippen LogP contribution is -2.34. The van der Waals surface area contributed by atoms with E-state index in [-0.39, 0.29) is 12.1 Å². The molecule has 3 rings (SSSR count). The van der Waals surface area contributed by atoms with Crippen LogP contribution in [0.1, 0.15) is 24.2 Å². The molecule has 0 radical (unpaired) electrons. The fraction of sp³-hybridized carbons (Fsp3) is 0.316. The Bertz CT molecular complexity index is 723. The SMILES string of the molecule is COc1ccc([C@H]2Oc3ccc(OC)cc3C[C@H]2OC(C)=O)cc1. The van der Waals surface area contributed by atoms with E-state index in [2.05, 4.69) is 0 Å². The van der Waals surface area contributed by atoms with Crippen LogP contribution >= 0.6 is 0 Å². The lowest BCUT2D eigenvalue weighted by Gasteiger charge is -2.33. The maximum Gasteiger partial charge on any atom is 0.303 e. The third-order valence-electron chi connectivity index (χ3n) is 4.04. The van der Waals surface area contributed by atoms with Crippen LogP contribution in [0.4, 0.5) is 0 Å². The van der Waals surface area contributed by atoms with Gasteiger partial charge in [-0.1, -0.05) is 12.1 Å². The van der Waals surface area contributed by atoms with Crippen molar-refractivity contribution in [3.05, 3.63) is 53.6 Å². The Morgan fingerprint density at radius 3 is 2.33 bits per heavy atom. The first-order valence-electron chi connectivity index (χ1n) is 7.75. The topological polar surface area (TPSA) is 54.0 Å². The Balaban J connectivity index is 1.93. The van der Waals surface area contributed by atoms with E-state index in [1.54, 1.807) is 14.2 Å². The molecule has 2 aromatic carbocycles. The molecule has 0 aliphatic carbocycles. The van der Waals surface area contributed by atoms with Crippen LogP contribution in [0, 0.1) is 0 Å². The van der Waals surface area contributed by atoms with Crippen LogP contribution in [-0.4, -0.2) is 26.3 Å². The molecule has 0 aromatic heterocycles. The molecule has 1 aliphatic heterocycles. The molecule has 0 unspecified atom stereocenters. The number of fused-ring (bicyclic) bond motifs is 1. The highest BCUT2D eigenvalue weighted by molar-refractivity contribution is 5.66. The van der Waals surface area contributed by atoms with E-state index < -0.39 is 6.10 Å². The van der Waals surface area contributed by atoms with Gasteiger partial charge in [0.15, 0.2) is 6.10 Å². The van der Waals surface area contributed by atoms with E-state index in [9.17, 15) is 4.79 Å². The van der Waals surface area contributed by atoms with E-state index in [1.165, 1.54) is 6.92 Å². The van der Waals surface area contributed by atoms with Gasteiger partial charge in [0.2, 0.25) is 0 Å². The average Bonchev–Trinajstić information content (AvgIpc) is 2.60. The van der Waals surface area contributed by atoms with Crippen molar-refractivity contribution >= 4 is 5.97 Å². The molecule has 1 aliphatic rings. The first-order chi connectivity index (χ1) is 11.6. The summed E-state index contributed by atoms with van der Waals surface area (Å²) in [5.41, 5.74) is 1.90. The van der Waals surface area contributed by atoms with Crippen LogP contribution in [0.15, 0.2) is 42.5 Å². The minimum atomic E-state index is -0.393. The second-order valence-corrected chi connectivity index (χ2v) is 5.64. The normalized spacial score (nSPS) is 19.0. The lowest BCUT2D eigenvalue weighted by molar-refractivity contribution is -0.152. The standard InChI is InChI=1S/C19H20O5/c1-12(20)23-18-11-14-10-16(22-3)8-9-17(14)24-19(18)13-4-6-15(21-2)7-5-13/h4-10,18-19H,11H2,1-3H3/t18-,19-/m1/s1. The molecule has 2 atom stereocenters. The average molecular weight is 328 g/mol. The van der Waals surface area contributed by atoms with Gasteiger partial charge in [0.1, 0.15) is 23.4 Å². The van der Waals surface area contributed by atoms with Gasteiger partial charge < -0.3 is 18.9 Å². The van der Waals surface area contributed by atoms with Gasteiger partial charge in [0.25, 0.3) is 0 Å². The number of carbonyl (C=O) groups is 1. The van der Waals surface area contributed by atoms with E-state index in [4.69, 9.17) is 18.9 Å². The van der Waals surface area contributed by atoms with Crippen molar-refractivity contribution in [3.63, 3.8) is 0 Å². The summed E-state index contributed by atoms with van der Waals surface area (Å²) in [4.78, 5) is 11.5. The number of rotatable bonds is 4. The number of carbonyl (C=O) groups excluding carboxylic acids is 1. The van der Waals surface area contributed by atoms with Crippen molar-refractivity contribution in [2.24, 2.45) is 0 Å². The third-order valence-corrected chi connectivity index (χ3v) is 4.04. The first-order valence-corrected chi connectivity index (χ1v) is 7.75. The Morgan fingerprint density at radius 1 is 1.04 bits per heavy atom. The molecule has 126 valence electrons. The van der Waals surface area contributed by atoms with Crippen molar-refractivity contribution < 1.29 is 23.7 Å². The highest BCUT2D eigenvalue weighted by atomic mass is 16.6. The maximum atomic E-state index is 11.5. The van der Waals surface area contributed by atoms with E-state index in [1.807, 2.05) is 42.5 Å². The number of benzene rings is 2. The summed E-state index contributed by atoms with van der Waals surface area (Å²) in [6, 6.07) is 13.2. The molecule has 5 nitrogen and oxygen atoms in total. The van der Waals surface area contributed by atoms with Gasteiger partial charge in [-0.25, -0.2) is 0 Å². The minimum absolute atomic E-state index is 0.326. The summed E-state index contributed by atoms with van der Waals surface area (Å²) in [7, 11) is 3.24. The van der Waals surface area contributed by atoms with Crippen molar-refractivity contribution in [2.75, 3.05) is 14.2 Å². The van der Waals surface area contributed by atoms with E-state index in [0.717, 1.165) is 28.4 Å². The lowest BCUT2D eigenvalue weighted by atomic mass is 9.94. The van der Waals surface area contributed by atoms with Crippen molar-refractivity contribution in [1.29, 1.82) is 0 Å². The number of esters is 1. The monoisotopic (exact) mass is 328 g/mol. The highest BCUT2D eigenvalue weighted by Gasteiger charge is 2.34. The molecule has 2 aromatic rings. The predicted octanol–water partition coefficient (Wildman–Crippen LogP) is 3.31. The second-order valence-electron chi connectivity index (χ2n) is 5.64. The highest BCUT2D eigenvalue weighted by Crippen LogP contribution is 2.38. The van der Waals surface area contributed by atoms with Gasteiger partial charge in [-0.3, -0.25) is 4.79 Å². The molecule has 1 heterocycles. The van der Waals surface area contributed by atoms with Gasteiger partial charge in [0.05, 0.1) is 14.2 Å². The van der Waals surface area contributed by atoms with Gasteiger partial charge >= 0.3 is 5.97 Å². The molecular formula is C19H20O5. The molecule has 5 heteroatoms. The van der Waals surface area contributed by atoms with E-state index >= 15 is 0 Å². The van der Waals surface area contributed by atoms with Crippen LogP contribution in [0.25, 0.3) is 0 Å². The van der Waals surface area contributed by atoms with Gasteiger partial charge in [-0.15, -0.1) is 0 Å². The molecule has 0 saturated heterocycles. The summed E-state index contributed by atoms with van der Waals surface area (Å²) in [6.07, 6.45) is -0.181. The number of hydrogen-bond acceptors (Lipinski definition) is 5. The zero-order chi connectivity index (χ0) is 17.1. The molecule has 0 saturated carbocycles. The Labute approximate surface area is 141 Å². The van der Waals surface area contributed by atoms with E-state index in [0.29, 0.717) is 6.42 Å². The fourth-order valence-electron chi connectivity index (χ4n) is 2.89. The van der Waals surface area contributed by atoms with Gasteiger partial charge in [0, 0.05) is 18.9 Å². The van der Waals surface area contributed by atoms with Crippen LogP contribution in [0.5, 0.6) is 17.2 Å². The Kier molecular flexibility index (Phi) is 4.60. The third kappa shape index (κ3) is 3.30. The quantitative estimate of drug-likeness (QED) is 0.806. The molecule has 0 N–H and O–H groups in total. The van der Waals surface area contributed by atoms with Crippen molar-refractivity contribution in [2.45, 2.75) is 25.6 Å². The summed E-state index contributed by atoms with van der Waals surface area (Å²) >= 11 is 0.